The molecule has 0 aliphatic carbocycles. The zero-order chi connectivity index (χ0) is 21.8. The van der Waals surface area contributed by atoms with E-state index < -0.39 is 5.97 Å². The molecule has 0 bridgehead atoms. The summed E-state index contributed by atoms with van der Waals surface area (Å²) in [7, 11) is 0. The van der Waals surface area contributed by atoms with Crippen LogP contribution in [0.5, 0.6) is 0 Å². The Morgan fingerprint density at radius 3 is 2.45 bits per heavy atom. The molecule has 0 N–H and O–H groups in total. The van der Waals surface area contributed by atoms with Crippen LogP contribution in [0.25, 0.3) is 22.8 Å². The number of hydrogen-bond acceptors (Lipinski definition) is 6. The SMILES string of the molecule is C[C@@H]1CN(C(=O)COC(=O)c2ccccc2-c2ncc(-c3ccccc3)o2)C[C@@H](C)O1. The second-order valence-corrected chi connectivity index (χ2v) is 7.57. The van der Waals surface area contributed by atoms with E-state index in [1.165, 1.54) is 0 Å². The second-order valence-electron chi connectivity index (χ2n) is 7.57. The number of carbonyl (C=O) groups excluding carboxylic acids is 2. The van der Waals surface area contributed by atoms with Crippen molar-refractivity contribution in [3.63, 3.8) is 0 Å². The maximum absolute atomic E-state index is 12.7. The van der Waals surface area contributed by atoms with Crippen molar-refractivity contribution in [1.29, 1.82) is 0 Å². The lowest BCUT2D eigenvalue weighted by atomic mass is 10.1. The first kappa shape index (κ1) is 20.8. The highest BCUT2D eigenvalue weighted by Crippen LogP contribution is 2.28. The van der Waals surface area contributed by atoms with Gasteiger partial charge in [0.2, 0.25) is 5.89 Å². The van der Waals surface area contributed by atoms with E-state index in [0.717, 1.165) is 5.56 Å². The van der Waals surface area contributed by atoms with Crippen molar-refractivity contribution in [2.24, 2.45) is 0 Å². The molecule has 1 aliphatic heterocycles. The minimum Gasteiger partial charge on any atom is -0.452 e. The molecule has 7 nitrogen and oxygen atoms in total. The lowest BCUT2D eigenvalue weighted by Gasteiger charge is -2.35. The highest BCUT2D eigenvalue weighted by molar-refractivity contribution is 5.97. The third kappa shape index (κ3) is 4.83. The number of amides is 1. The van der Waals surface area contributed by atoms with E-state index in [4.69, 9.17) is 13.9 Å². The number of esters is 1. The molecule has 1 saturated heterocycles. The van der Waals surface area contributed by atoms with Gasteiger partial charge in [-0.2, -0.15) is 0 Å². The fourth-order valence-electron chi connectivity index (χ4n) is 3.66. The van der Waals surface area contributed by atoms with Gasteiger partial charge < -0.3 is 18.8 Å². The Labute approximate surface area is 180 Å². The third-order valence-corrected chi connectivity index (χ3v) is 5.04. The van der Waals surface area contributed by atoms with Crippen molar-refractivity contribution < 1.29 is 23.5 Å². The largest absolute Gasteiger partial charge is 0.452 e. The molecule has 1 amide bonds. The molecular weight excluding hydrogens is 396 g/mol. The highest BCUT2D eigenvalue weighted by atomic mass is 16.5. The van der Waals surface area contributed by atoms with E-state index in [-0.39, 0.29) is 24.7 Å². The Morgan fingerprint density at radius 2 is 1.71 bits per heavy atom. The fraction of sp³-hybridized carbons (Fsp3) is 0.292. The monoisotopic (exact) mass is 420 g/mol. The molecule has 0 radical (unpaired) electrons. The van der Waals surface area contributed by atoms with E-state index in [0.29, 0.717) is 35.9 Å². The van der Waals surface area contributed by atoms with Crippen LogP contribution in [0.4, 0.5) is 0 Å². The predicted octanol–water partition coefficient (Wildman–Crippen LogP) is 3.80. The molecule has 1 fully saturated rings. The lowest BCUT2D eigenvalue weighted by Crippen LogP contribution is -2.49. The molecule has 1 aromatic heterocycles. The molecule has 2 atom stereocenters. The topological polar surface area (TPSA) is 81.9 Å². The summed E-state index contributed by atoms with van der Waals surface area (Å²) in [4.78, 5) is 31.2. The minimum absolute atomic E-state index is 0.0482. The van der Waals surface area contributed by atoms with Crippen LogP contribution >= 0.6 is 0 Å². The molecular formula is C24H24N2O5. The summed E-state index contributed by atoms with van der Waals surface area (Å²) in [6.07, 6.45) is 1.53. The van der Waals surface area contributed by atoms with Crippen molar-refractivity contribution in [3.8, 4) is 22.8 Å². The van der Waals surface area contributed by atoms with Crippen molar-refractivity contribution in [2.75, 3.05) is 19.7 Å². The minimum atomic E-state index is -0.599. The smallest absolute Gasteiger partial charge is 0.339 e. The zero-order valence-electron chi connectivity index (χ0n) is 17.5. The molecule has 7 heteroatoms. The molecule has 31 heavy (non-hydrogen) atoms. The van der Waals surface area contributed by atoms with Crippen molar-refractivity contribution in [3.05, 3.63) is 66.4 Å². The molecule has 2 heterocycles. The van der Waals surface area contributed by atoms with Crippen molar-refractivity contribution in [2.45, 2.75) is 26.1 Å². The van der Waals surface area contributed by atoms with Crippen LogP contribution in [0, 0.1) is 0 Å². The summed E-state index contributed by atoms with van der Waals surface area (Å²) in [5, 5.41) is 0. The number of oxazole rings is 1. The quantitative estimate of drug-likeness (QED) is 0.584. The first-order valence-electron chi connectivity index (χ1n) is 10.2. The Kier molecular flexibility index (Phi) is 6.13. The molecule has 0 saturated carbocycles. The van der Waals surface area contributed by atoms with Gasteiger partial charge in [-0.25, -0.2) is 9.78 Å². The van der Waals surface area contributed by atoms with Gasteiger partial charge in [0.25, 0.3) is 5.91 Å². The lowest BCUT2D eigenvalue weighted by molar-refractivity contribution is -0.146. The molecule has 160 valence electrons. The number of rotatable bonds is 5. The number of carbonyl (C=O) groups is 2. The number of benzene rings is 2. The molecule has 1 aliphatic rings. The normalized spacial score (nSPS) is 18.6. The number of hydrogen-bond donors (Lipinski definition) is 0. The highest BCUT2D eigenvalue weighted by Gasteiger charge is 2.27. The van der Waals surface area contributed by atoms with Crippen LogP contribution in [0.1, 0.15) is 24.2 Å². The summed E-state index contributed by atoms with van der Waals surface area (Å²) in [5.74, 6) is 0.0751. The number of aromatic nitrogens is 1. The Balaban J connectivity index is 1.47. The van der Waals surface area contributed by atoms with Crippen LogP contribution < -0.4 is 0 Å². The van der Waals surface area contributed by atoms with Crippen molar-refractivity contribution in [1.82, 2.24) is 9.88 Å². The van der Waals surface area contributed by atoms with Crippen LogP contribution in [0.2, 0.25) is 0 Å². The Hall–Kier alpha value is -3.45. The summed E-state index contributed by atoms with van der Waals surface area (Å²) in [5.41, 5.74) is 1.69. The fourth-order valence-corrected chi connectivity index (χ4v) is 3.66. The summed E-state index contributed by atoms with van der Waals surface area (Å²) in [6, 6.07) is 16.5. The maximum atomic E-state index is 12.7. The predicted molar refractivity (Wildman–Crippen MR) is 114 cm³/mol. The van der Waals surface area contributed by atoms with Crippen LogP contribution in [0.15, 0.2) is 65.2 Å². The average Bonchev–Trinajstić information content (AvgIpc) is 3.27. The molecule has 3 aromatic rings. The van der Waals surface area contributed by atoms with Gasteiger partial charge in [0, 0.05) is 18.7 Å². The maximum Gasteiger partial charge on any atom is 0.339 e. The van der Waals surface area contributed by atoms with E-state index >= 15 is 0 Å². The van der Waals surface area contributed by atoms with Gasteiger partial charge in [0.1, 0.15) is 0 Å². The van der Waals surface area contributed by atoms with Crippen LogP contribution in [-0.2, 0) is 14.3 Å². The van der Waals surface area contributed by atoms with Crippen LogP contribution in [-0.4, -0.2) is 53.7 Å². The van der Waals surface area contributed by atoms with Gasteiger partial charge >= 0.3 is 5.97 Å². The van der Waals surface area contributed by atoms with Crippen LogP contribution in [0.3, 0.4) is 0 Å². The zero-order valence-corrected chi connectivity index (χ0v) is 17.5. The van der Waals surface area contributed by atoms with Gasteiger partial charge in [0.15, 0.2) is 12.4 Å². The standard InChI is InChI=1S/C24H24N2O5/c1-16-13-26(14-17(2)30-16)22(27)15-29-24(28)20-11-7-6-10-19(20)23-25-12-21(31-23)18-8-4-3-5-9-18/h3-12,16-17H,13-15H2,1-2H3/t16-,17-/m1/s1. The van der Waals surface area contributed by atoms with Gasteiger partial charge in [-0.1, -0.05) is 42.5 Å². The number of ether oxygens (including phenoxy) is 2. The Morgan fingerprint density at radius 1 is 1.03 bits per heavy atom. The summed E-state index contributed by atoms with van der Waals surface area (Å²) >= 11 is 0. The number of morpholine rings is 1. The first-order valence-corrected chi connectivity index (χ1v) is 10.2. The van der Waals surface area contributed by atoms with E-state index in [9.17, 15) is 9.59 Å². The van der Waals surface area contributed by atoms with Crippen molar-refractivity contribution >= 4 is 11.9 Å². The third-order valence-electron chi connectivity index (χ3n) is 5.04. The summed E-state index contributed by atoms with van der Waals surface area (Å²) < 4.78 is 16.9. The molecule has 4 rings (SSSR count). The molecule has 2 aromatic carbocycles. The van der Waals surface area contributed by atoms with Gasteiger partial charge in [-0.05, 0) is 26.0 Å². The van der Waals surface area contributed by atoms with Gasteiger partial charge in [-0.15, -0.1) is 0 Å². The molecule has 0 unspecified atom stereocenters. The Bertz CT molecular complexity index is 1050. The second kappa shape index (κ2) is 9.14. The van der Waals surface area contributed by atoms with E-state index in [1.807, 2.05) is 44.2 Å². The van der Waals surface area contributed by atoms with E-state index in [2.05, 4.69) is 4.98 Å². The van der Waals surface area contributed by atoms with Gasteiger partial charge in [0.05, 0.1) is 29.5 Å². The average molecular weight is 420 g/mol. The van der Waals surface area contributed by atoms with Gasteiger partial charge in [-0.3, -0.25) is 4.79 Å². The number of nitrogens with zero attached hydrogens (tertiary/aromatic N) is 2. The van der Waals surface area contributed by atoms with E-state index in [1.54, 1.807) is 35.4 Å². The first-order chi connectivity index (χ1) is 15.0. The molecule has 0 spiro atoms. The summed E-state index contributed by atoms with van der Waals surface area (Å²) in [6.45, 7) is 4.47.